The largest absolute Gasteiger partial charge is 0.342 e. The third-order valence-corrected chi connectivity index (χ3v) is 4.31. The maximum atomic E-state index is 12.9. The molecule has 0 saturated heterocycles. The van der Waals surface area contributed by atoms with Crippen LogP contribution in [-0.2, 0) is 17.8 Å². The van der Waals surface area contributed by atoms with Crippen LogP contribution in [0.4, 0.5) is 0 Å². The second-order valence-corrected chi connectivity index (χ2v) is 5.57. The van der Waals surface area contributed by atoms with Crippen molar-refractivity contribution in [3.63, 3.8) is 0 Å². The van der Waals surface area contributed by atoms with Gasteiger partial charge in [-0.2, -0.15) is 0 Å². The molecule has 0 aliphatic rings. The van der Waals surface area contributed by atoms with E-state index in [4.69, 9.17) is 0 Å². The standard InChI is InChI=1S/C17H21N5O2/c1-4-14-18-19-16-17(24)21(11-15(23)20(5-2)6-3)12-9-7-8-10-13(12)22(14)16/h7-10H,4-6,11H2,1-3H3. The van der Waals surface area contributed by atoms with Crippen molar-refractivity contribution in [1.82, 2.24) is 24.1 Å². The zero-order chi connectivity index (χ0) is 17.3. The highest BCUT2D eigenvalue weighted by atomic mass is 16.2. The molecule has 0 bridgehead atoms. The maximum absolute atomic E-state index is 12.9. The fourth-order valence-corrected chi connectivity index (χ4v) is 3.02. The van der Waals surface area contributed by atoms with Crippen LogP contribution >= 0.6 is 0 Å². The lowest BCUT2D eigenvalue weighted by Crippen LogP contribution is -2.37. The highest BCUT2D eigenvalue weighted by Gasteiger charge is 2.18. The number of fused-ring (bicyclic) bond motifs is 3. The van der Waals surface area contributed by atoms with Crippen LogP contribution in [0.2, 0.25) is 0 Å². The first-order valence-corrected chi connectivity index (χ1v) is 8.25. The van der Waals surface area contributed by atoms with E-state index in [0.717, 1.165) is 11.3 Å². The number of hydrogen-bond donors (Lipinski definition) is 0. The van der Waals surface area contributed by atoms with E-state index in [1.807, 2.05) is 45.0 Å². The Balaban J connectivity index is 2.26. The molecular weight excluding hydrogens is 306 g/mol. The van der Waals surface area contributed by atoms with E-state index in [-0.39, 0.29) is 23.7 Å². The number of nitrogens with zero attached hydrogens (tertiary/aromatic N) is 5. The number of benzene rings is 1. The number of carbonyl (C=O) groups is 1. The summed E-state index contributed by atoms with van der Waals surface area (Å²) >= 11 is 0. The van der Waals surface area contributed by atoms with Crippen LogP contribution < -0.4 is 5.56 Å². The molecule has 0 saturated carbocycles. The van der Waals surface area contributed by atoms with Crippen LogP contribution in [0.3, 0.4) is 0 Å². The van der Waals surface area contributed by atoms with Gasteiger partial charge in [0.1, 0.15) is 12.4 Å². The molecule has 0 radical (unpaired) electrons. The Bertz CT molecular complexity index is 953. The van der Waals surface area contributed by atoms with Gasteiger partial charge in [0.15, 0.2) is 0 Å². The van der Waals surface area contributed by atoms with Gasteiger partial charge >= 0.3 is 0 Å². The van der Waals surface area contributed by atoms with Crippen LogP contribution in [0.1, 0.15) is 26.6 Å². The van der Waals surface area contributed by atoms with Gasteiger partial charge in [-0.1, -0.05) is 19.1 Å². The van der Waals surface area contributed by atoms with E-state index in [1.165, 1.54) is 4.57 Å². The van der Waals surface area contributed by atoms with Crippen molar-refractivity contribution < 1.29 is 4.79 Å². The highest BCUT2D eigenvalue weighted by Crippen LogP contribution is 2.15. The number of amides is 1. The average molecular weight is 327 g/mol. The molecule has 2 aromatic heterocycles. The maximum Gasteiger partial charge on any atom is 0.297 e. The number of hydrogen-bond acceptors (Lipinski definition) is 4. The van der Waals surface area contributed by atoms with E-state index >= 15 is 0 Å². The summed E-state index contributed by atoms with van der Waals surface area (Å²) in [6.45, 7) is 7.08. The minimum absolute atomic E-state index is 0.00580. The van der Waals surface area contributed by atoms with Gasteiger partial charge in [0, 0.05) is 19.5 Å². The van der Waals surface area contributed by atoms with E-state index < -0.39 is 0 Å². The Kier molecular flexibility index (Phi) is 4.33. The van der Waals surface area contributed by atoms with Gasteiger partial charge in [0.2, 0.25) is 11.6 Å². The third kappa shape index (κ3) is 2.46. The molecule has 0 atom stereocenters. The Morgan fingerprint density at radius 3 is 2.38 bits per heavy atom. The molecule has 0 aliphatic carbocycles. The lowest BCUT2D eigenvalue weighted by Gasteiger charge is -2.20. The molecule has 3 aromatic rings. The summed E-state index contributed by atoms with van der Waals surface area (Å²) in [5.41, 5.74) is 1.52. The fourth-order valence-electron chi connectivity index (χ4n) is 3.02. The van der Waals surface area contributed by atoms with Gasteiger partial charge in [-0.25, -0.2) is 0 Å². The number of aryl methyl sites for hydroxylation is 1. The molecule has 0 fully saturated rings. The molecule has 126 valence electrons. The van der Waals surface area contributed by atoms with Crippen molar-refractivity contribution in [3.8, 4) is 0 Å². The van der Waals surface area contributed by atoms with Crippen molar-refractivity contribution in [2.75, 3.05) is 13.1 Å². The highest BCUT2D eigenvalue weighted by molar-refractivity contribution is 5.82. The second kappa shape index (κ2) is 6.43. The number of para-hydroxylation sites is 2. The third-order valence-electron chi connectivity index (χ3n) is 4.31. The molecule has 0 unspecified atom stereocenters. The average Bonchev–Trinajstić information content (AvgIpc) is 3.04. The summed E-state index contributed by atoms with van der Waals surface area (Å²) < 4.78 is 3.29. The normalized spacial score (nSPS) is 11.3. The van der Waals surface area contributed by atoms with Gasteiger partial charge in [-0.05, 0) is 26.0 Å². The summed E-state index contributed by atoms with van der Waals surface area (Å²) in [6, 6.07) is 7.54. The van der Waals surface area contributed by atoms with Crippen LogP contribution in [0.15, 0.2) is 29.1 Å². The summed E-state index contributed by atoms with van der Waals surface area (Å²) in [5, 5.41) is 8.16. The topological polar surface area (TPSA) is 72.5 Å². The molecule has 7 nitrogen and oxygen atoms in total. The van der Waals surface area contributed by atoms with Crippen molar-refractivity contribution in [3.05, 3.63) is 40.4 Å². The first-order valence-electron chi connectivity index (χ1n) is 8.25. The zero-order valence-corrected chi connectivity index (χ0v) is 14.2. The van der Waals surface area contributed by atoms with E-state index in [0.29, 0.717) is 25.0 Å². The molecule has 0 spiro atoms. The Labute approximate surface area is 139 Å². The van der Waals surface area contributed by atoms with Crippen LogP contribution in [-0.4, -0.2) is 43.1 Å². The minimum Gasteiger partial charge on any atom is -0.342 e. The number of carbonyl (C=O) groups excluding carboxylic acids is 1. The Morgan fingerprint density at radius 1 is 1.08 bits per heavy atom. The van der Waals surface area contributed by atoms with Crippen molar-refractivity contribution in [2.24, 2.45) is 0 Å². The number of likely N-dealkylation sites (N-methyl/N-ethyl adjacent to an activating group) is 1. The number of aromatic nitrogens is 4. The summed E-state index contributed by atoms with van der Waals surface area (Å²) in [6.07, 6.45) is 0.674. The molecular formula is C17H21N5O2. The molecule has 7 heteroatoms. The minimum atomic E-state index is -0.290. The molecule has 1 aromatic carbocycles. The van der Waals surface area contributed by atoms with Gasteiger partial charge < -0.3 is 4.90 Å². The molecule has 1 amide bonds. The zero-order valence-electron chi connectivity index (χ0n) is 14.2. The molecule has 2 heterocycles. The monoisotopic (exact) mass is 327 g/mol. The summed E-state index contributed by atoms with van der Waals surface area (Å²) in [5.74, 6) is 0.660. The molecule has 24 heavy (non-hydrogen) atoms. The van der Waals surface area contributed by atoms with Crippen molar-refractivity contribution in [2.45, 2.75) is 33.7 Å². The smallest absolute Gasteiger partial charge is 0.297 e. The van der Waals surface area contributed by atoms with Crippen molar-refractivity contribution >= 4 is 22.6 Å². The molecule has 0 N–H and O–H groups in total. The lowest BCUT2D eigenvalue weighted by atomic mass is 10.2. The lowest BCUT2D eigenvalue weighted by molar-refractivity contribution is -0.131. The van der Waals surface area contributed by atoms with Gasteiger partial charge in [0.05, 0.1) is 11.0 Å². The Hall–Kier alpha value is -2.70. The van der Waals surface area contributed by atoms with Crippen LogP contribution in [0.5, 0.6) is 0 Å². The predicted molar refractivity (Wildman–Crippen MR) is 92.1 cm³/mol. The van der Waals surface area contributed by atoms with E-state index in [2.05, 4.69) is 10.2 Å². The second-order valence-electron chi connectivity index (χ2n) is 5.57. The van der Waals surface area contributed by atoms with E-state index in [9.17, 15) is 9.59 Å². The fraction of sp³-hybridized carbons (Fsp3) is 0.412. The van der Waals surface area contributed by atoms with Gasteiger partial charge in [0.25, 0.3) is 5.56 Å². The van der Waals surface area contributed by atoms with Crippen molar-refractivity contribution in [1.29, 1.82) is 0 Å². The molecule has 3 rings (SSSR count). The van der Waals surface area contributed by atoms with E-state index in [1.54, 1.807) is 9.30 Å². The predicted octanol–water partition coefficient (Wildman–Crippen LogP) is 1.47. The van der Waals surface area contributed by atoms with Crippen LogP contribution in [0.25, 0.3) is 16.7 Å². The quantitative estimate of drug-likeness (QED) is 0.711. The van der Waals surface area contributed by atoms with Gasteiger partial charge in [-0.15, -0.1) is 10.2 Å². The first kappa shape index (κ1) is 16.2. The molecule has 0 aliphatic heterocycles. The van der Waals surface area contributed by atoms with Crippen LogP contribution in [0, 0.1) is 0 Å². The van der Waals surface area contributed by atoms with Gasteiger partial charge in [-0.3, -0.25) is 18.6 Å². The number of rotatable bonds is 5. The SMILES string of the molecule is CCc1nnc2c(=O)n(CC(=O)N(CC)CC)c3ccccc3n12. The first-order chi connectivity index (χ1) is 11.6. The summed E-state index contributed by atoms with van der Waals surface area (Å²) in [7, 11) is 0. The Morgan fingerprint density at radius 2 is 1.75 bits per heavy atom. The summed E-state index contributed by atoms with van der Waals surface area (Å²) in [4.78, 5) is 27.1.